The number of benzene rings is 1. The molecule has 0 saturated heterocycles. The van der Waals surface area contributed by atoms with Crippen LogP contribution < -0.4 is 21.2 Å². The van der Waals surface area contributed by atoms with Crippen molar-refractivity contribution in [1.29, 1.82) is 0 Å². The van der Waals surface area contributed by atoms with E-state index >= 15 is 0 Å². The van der Waals surface area contributed by atoms with Crippen LogP contribution in [0.1, 0.15) is 6.92 Å². The standard InChI is InChI=1S/C20H21N5O2/c1-13(27-3)18-16(12-21-2)24-19(25-20(18)26)14-9-10-22-17(11-14)23-15-7-5-4-6-8-15/h4-12,21H,1-3H3,(H,22,23)(H,24,25,26)/b16-12+,18-13-. The van der Waals surface area contributed by atoms with Crippen LogP contribution in [0.25, 0.3) is 23.3 Å². The maximum absolute atomic E-state index is 10.4. The van der Waals surface area contributed by atoms with Gasteiger partial charge in [-0.15, -0.1) is 0 Å². The molecule has 138 valence electrons. The minimum Gasteiger partial charge on any atom is -0.500 e. The Hall–Kier alpha value is -3.61. The molecule has 7 nitrogen and oxygen atoms in total. The van der Waals surface area contributed by atoms with E-state index in [1.807, 2.05) is 36.4 Å². The van der Waals surface area contributed by atoms with E-state index in [-0.39, 0.29) is 5.88 Å². The van der Waals surface area contributed by atoms with Crippen molar-refractivity contribution in [2.75, 3.05) is 19.5 Å². The van der Waals surface area contributed by atoms with Crippen LogP contribution in [0.5, 0.6) is 5.88 Å². The molecule has 27 heavy (non-hydrogen) atoms. The van der Waals surface area contributed by atoms with Gasteiger partial charge in [-0.25, -0.2) is 9.97 Å². The topological polar surface area (TPSA) is 92.2 Å². The molecule has 0 unspecified atom stereocenters. The SMILES string of the molecule is CN/C=c1/nc(-c2ccnc(Nc3ccccc3)c2)nc(O)/c1=C(/C)OC. The van der Waals surface area contributed by atoms with Crippen molar-refractivity contribution < 1.29 is 9.84 Å². The Kier molecular flexibility index (Phi) is 5.51. The van der Waals surface area contributed by atoms with Crippen molar-refractivity contribution in [3.05, 3.63) is 59.2 Å². The molecule has 7 heteroatoms. The molecule has 3 rings (SSSR count). The number of methoxy groups -OCH3 is 1. The molecule has 0 aliphatic carbocycles. The average molecular weight is 363 g/mol. The van der Waals surface area contributed by atoms with Gasteiger partial charge < -0.3 is 20.5 Å². The molecule has 0 fully saturated rings. The van der Waals surface area contributed by atoms with Crippen molar-refractivity contribution in [2.45, 2.75) is 6.92 Å². The predicted octanol–water partition coefficient (Wildman–Crippen LogP) is 1.72. The Morgan fingerprint density at radius 3 is 2.63 bits per heavy atom. The fourth-order valence-corrected chi connectivity index (χ4v) is 2.58. The number of aromatic nitrogens is 3. The van der Waals surface area contributed by atoms with Crippen LogP contribution in [-0.2, 0) is 4.74 Å². The molecular formula is C20H21N5O2. The first-order valence-electron chi connectivity index (χ1n) is 8.40. The third-order valence-corrected chi connectivity index (χ3v) is 3.92. The van der Waals surface area contributed by atoms with Gasteiger partial charge in [0, 0.05) is 30.7 Å². The van der Waals surface area contributed by atoms with Crippen molar-refractivity contribution in [3.63, 3.8) is 0 Å². The summed E-state index contributed by atoms with van der Waals surface area (Å²) in [6.07, 6.45) is 3.36. The quantitative estimate of drug-likeness (QED) is 0.636. The van der Waals surface area contributed by atoms with E-state index in [1.165, 1.54) is 7.11 Å². The third kappa shape index (κ3) is 4.14. The van der Waals surface area contributed by atoms with Crippen LogP contribution in [0, 0.1) is 0 Å². The minimum absolute atomic E-state index is 0.143. The maximum atomic E-state index is 10.4. The maximum Gasteiger partial charge on any atom is 0.226 e. The van der Waals surface area contributed by atoms with E-state index < -0.39 is 0 Å². The van der Waals surface area contributed by atoms with Gasteiger partial charge >= 0.3 is 0 Å². The van der Waals surface area contributed by atoms with Crippen molar-refractivity contribution >= 4 is 23.5 Å². The largest absolute Gasteiger partial charge is 0.500 e. The van der Waals surface area contributed by atoms with Crippen LogP contribution in [0.3, 0.4) is 0 Å². The second kappa shape index (κ2) is 8.18. The monoisotopic (exact) mass is 363 g/mol. The number of nitrogens with zero attached hydrogens (tertiary/aromatic N) is 3. The van der Waals surface area contributed by atoms with E-state index in [1.54, 1.807) is 32.4 Å². The zero-order chi connectivity index (χ0) is 19.2. The highest BCUT2D eigenvalue weighted by atomic mass is 16.5. The van der Waals surface area contributed by atoms with Crippen LogP contribution in [0.15, 0.2) is 48.7 Å². The number of anilines is 2. The summed E-state index contributed by atoms with van der Waals surface area (Å²) in [6, 6.07) is 13.4. The van der Waals surface area contributed by atoms with Crippen molar-refractivity contribution in [2.24, 2.45) is 0 Å². The molecule has 0 amide bonds. The number of pyridine rings is 1. The lowest BCUT2D eigenvalue weighted by Gasteiger charge is -2.08. The Balaban J connectivity index is 2.07. The molecule has 0 radical (unpaired) electrons. The summed E-state index contributed by atoms with van der Waals surface area (Å²) < 4.78 is 5.24. The second-order valence-electron chi connectivity index (χ2n) is 5.75. The normalized spacial score (nSPS) is 12.5. The van der Waals surface area contributed by atoms with E-state index in [9.17, 15) is 5.11 Å². The highest BCUT2D eigenvalue weighted by Gasteiger charge is 2.10. The number of aromatic hydroxyl groups is 1. The first-order chi connectivity index (χ1) is 13.1. The van der Waals surface area contributed by atoms with Crippen LogP contribution in [-0.4, -0.2) is 34.2 Å². The number of para-hydroxylation sites is 1. The second-order valence-corrected chi connectivity index (χ2v) is 5.75. The van der Waals surface area contributed by atoms with Gasteiger partial charge in [-0.1, -0.05) is 18.2 Å². The van der Waals surface area contributed by atoms with Gasteiger partial charge in [-0.05, 0) is 31.2 Å². The Morgan fingerprint density at radius 1 is 1.15 bits per heavy atom. The number of rotatable bonds is 5. The van der Waals surface area contributed by atoms with Crippen LogP contribution in [0.2, 0.25) is 0 Å². The lowest BCUT2D eigenvalue weighted by molar-refractivity contribution is 0.356. The zero-order valence-corrected chi connectivity index (χ0v) is 15.4. The van der Waals surface area contributed by atoms with Gasteiger partial charge in [0.1, 0.15) is 16.8 Å². The van der Waals surface area contributed by atoms with Crippen LogP contribution in [0.4, 0.5) is 11.5 Å². The van der Waals surface area contributed by atoms with Gasteiger partial charge in [0.2, 0.25) is 5.88 Å². The van der Waals surface area contributed by atoms with E-state index in [0.29, 0.717) is 28.0 Å². The predicted molar refractivity (Wildman–Crippen MR) is 106 cm³/mol. The molecular weight excluding hydrogens is 342 g/mol. The number of hydrogen-bond acceptors (Lipinski definition) is 7. The van der Waals surface area contributed by atoms with E-state index in [2.05, 4.69) is 25.6 Å². The average Bonchev–Trinajstić information content (AvgIpc) is 2.68. The van der Waals surface area contributed by atoms with Gasteiger partial charge in [0.25, 0.3) is 0 Å². The summed E-state index contributed by atoms with van der Waals surface area (Å²) >= 11 is 0. The zero-order valence-electron chi connectivity index (χ0n) is 15.4. The van der Waals surface area contributed by atoms with Gasteiger partial charge in [-0.2, -0.15) is 4.98 Å². The fraction of sp³-hybridized carbons (Fsp3) is 0.150. The lowest BCUT2D eigenvalue weighted by atomic mass is 10.2. The van der Waals surface area contributed by atoms with E-state index in [0.717, 1.165) is 11.3 Å². The Morgan fingerprint density at radius 2 is 1.93 bits per heavy atom. The number of ether oxygens (including phenoxy) is 1. The third-order valence-electron chi connectivity index (χ3n) is 3.92. The molecule has 2 aromatic heterocycles. The first kappa shape index (κ1) is 18.2. The van der Waals surface area contributed by atoms with Crippen molar-refractivity contribution in [1.82, 2.24) is 20.3 Å². The molecule has 0 spiro atoms. The van der Waals surface area contributed by atoms with Gasteiger partial charge in [0.05, 0.1) is 12.5 Å². The molecule has 0 bridgehead atoms. The summed E-state index contributed by atoms with van der Waals surface area (Å²) in [4.78, 5) is 13.1. The highest BCUT2D eigenvalue weighted by molar-refractivity contribution is 5.64. The first-order valence-corrected chi connectivity index (χ1v) is 8.40. The minimum atomic E-state index is -0.143. The van der Waals surface area contributed by atoms with E-state index in [4.69, 9.17) is 4.74 Å². The summed E-state index contributed by atoms with van der Waals surface area (Å²) in [7, 11) is 3.30. The Labute approximate surface area is 157 Å². The molecule has 1 aromatic carbocycles. The smallest absolute Gasteiger partial charge is 0.226 e. The number of nitrogens with one attached hydrogen (secondary N) is 2. The molecule has 3 N–H and O–H groups in total. The molecule has 0 saturated carbocycles. The van der Waals surface area contributed by atoms with Gasteiger partial charge in [-0.3, -0.25) is 0 Å². The lowest BCUT2D eigenvalue weighted by Crippen LogP contribution is -2.34. The van der Waals surface area contributed by atoms with Gasteiger partial charge in [0.15, 0.2) is 5.82 Å². The Bertz CT molecular complexity index is 1050. The molecule has 3 aromatic rings. The summed E-state index contributed by atoms with van der Waals surface area (Å²) in [6.45, 7) is 1.75. The highest BCUT2D eigenvalue weighted by Crippen LogP contribution is 2.20. The van der Waals surface area contributed by atoms with Crippen LogP contribution >= 0.6 is 0 Å². The molecule has 2 heterocycles. The summed E-state index contributed by atoms with van der Waals surface area (Å²) in [5.41, 5.74) is 1.65. The summed E-state index contributed by atoms with van der Waals surface area (Å²) in [5, 5.41) is 17.6. The molecule has 0 atom stereocenters. The van der Waals surface area contributed by atoms with Crippen molar-refractivity contribution in [3.8, 4) is 17.3 Å². The summed E-state index contributed by atoms with van der Waals surface area (Å²) in [5.74, 6) is 1.43. The fourth-order valence-electron chi connectivity index (χ4n) is 2.58. The molecule has 0 aliphatic heterocycles. The number of hydrogen-bond donors (Lipinski definition) is 3. The molecule has 0 aliphatic rings.